The second kappa shape index (κ2) is 8.71. The molecular weight excluding hydrogens is 458 g/mol. The van der Waals surface area contributed by atoms with E-state index in [2.05, 4.69) is 30.5 Å². The van der Waals surface area contributed by atoms with Crippen LogP contribution in [0.25, 0.3) is 56.1 Å². The minimum atomic E-state index is -0.117. The molecule has 11 nitrogen and oxygen atoms in total. The van der Waals surface area contributed by atoms with E-state index in [4.69, 9.17) is 14.4 Å². The zero-order chi connectivity index (χ0) is 24.6. The number of H-pyrrole nitrogens is 2. The minimum Gasteiger partial charge on any atom is -0.472 e. The van der Waals surface area contributed by atoms with Crippen molar-refractivity contribution in [1.82, 2.24) is 40.0 Å². The number of hydrogen-bond donors (Lipinski definition) is 3. The van der Waals surface area contributed by atoms with E-state index >= 15 is 0 Å². The topological polar surface area (TPSA) is 142 Å². The predicted octanol–water partition coefficient (Wildman–Crippen LogP) is 3.72. The molecule has 0 radical (unpaired) electrons. The molecule has 0 saturated heterocycles. The van der Waals surface area contributed by atoms with Crippen molar-refractivity contribution in [2.24, 2.45) is 0 Å². The molecule has 0 fully saturated rings. The number of imidazole rings is 1. The Morgan fingerprint density at radius 2 is 1.92 bits per heavy atom. The van der Waals surface area contributed by atoms with Crippen LogP contribution in [-0.4, -0.2) is 66.6 Å². The highest BCUT2D eigenvalue weighted by Crippen LogP contribution is 2.31. The summed E-state index contributed by atoms with van der Waals surface area (Å²) in [7, 11) is 3.68. The summed E-state index contributed by atoms with van der Waals surface area (Å²) >= 11 is 0. The van der Waals surface area contributed by atoms with Crippen molar-refractivity contribution in [3.8, 4) is 34.0 Å². The monoisotopic (exact) mass is 479 g/mol. The molecule has 11 heteroatoms. The quantitative estimate of drug-likeness (QED) is 0.328. The Bertz CT molecular complexity index is 1700. The zero-order valence-corrected chi connectivity index (χ0v) is 19.5. The summed E-state index contributed by atoms with van der Waals surface area (Å²) in [6, 6.07) is 9.35. The van der Waals surface area contributed by atoms with Gasteiger partial charge in [0, 0.05) is 23.5 Å². The van der Waals surface area contributed by atoms with Crippen molar-refractivity contribution in [2.45, 2.75) is 0 Å². The van der Waals surface area contributed by atoms with Crippen molar-refractivity contribution in [3.05, 3.63) is 61.4 Å². The van der Waals surface area contributed by atoms with Crippen LogP contribution in [-0.2, 0) is 4.79 Å². The molecule has 0 aliphatic rings. The number of furan rings is 1. The summed E-state index contributed by atoms with van der Waals surface area (Å²) in [5.74, 6) is 0.454. The first-order valence-electron chi connectivity index (χ1n) is 11.2. The molecule has 0 saturated carbocycles. The first-order chi connectivity index (χ1) is 17.5. The fourth-order valence-electron chi connectivity index (χ4n) is 4.02. The highest BCUT2D eigenvalue weighted by molar-refractivity contribution is 5.95. The third kappa shape index (κ3) is 3.97. The maximum atomic E-state index is 12.2. The van der Waals surface area contributed by atoms with Crippen LogP contribution in [0.3, 0.4) is 0 Å². The van der Waals surface area contributed by atoms with Crippen molar-refractivity contribution in [2.75, 3.05) is 26.0 Å². The number of anilines is 1. The molecule has 1 amide bonds. The predicted molar refractivity (Wildman–Crippen MR) is 135 cm³/mol. The summed E-state index contributed by atoms with van der Waals surface area (Å²) in [5.41, 5.74) is 7.18. The smallest absolute Gasteiger partial charge is 0.238 e. The van der Waals surface area contributed by atoms with Gasteiger partial charge in [-0.25, -0.2) is 9.97 Å². The van der Waals surface area contributed by atoms with E-state index in [9.17, 15) is 4.79 Å². The number of rotatable bonds is 6. The number of likely N-dealkylation sites (N-methyl/N-ethyl adjacent to an activating group) is 1. The largest absolute Gasteiger partial charge is 0.472 e. The van der Waals surface area contributed by atoms with E-state index < -0.39 is 0 Å². The second-order valence-corrected chi connectivity index (χ2v) is 8.57. The Morgan fingerprint density at radius 1 is 1.03 bits per heavy atom. The van der Waals surface area contributed by atoms with Gasteiger partial charge in [0.25, 0.3) is 0 Å². The van der Waals surface area contributed by atoms with E-state index in [0.29, 0.717) is 33.9 Å². The van der Waals surface area contributed by atoms with Gasteiger partial charge in [-0.05, 0) is 44.4 Å². The molecule has 6 heterocycles. The number of nitrogens with zero attached hydrogens (tertiary/aromatic N) is 6. The maximum Gasteiger partial charge on any atom is 0.238 e. The van der Waals surface area contributed by atoms with Crippen molar-refractivity contribution in [3.63, 3.8) is 0 Å². The Kier molecular flexibility index (Phi) is 5.23. The van der Waals surface area contributed by atoms with Gasteiger partial charge in [0.1, 0.15) is 16.7 Å². The van der Waals surface area contributed by atoms with Gasteiger partial charge in [-0.1, -0.05) is 0 Å². The Morgan fingerprint density at radius 3 is 2.75 bits per heavy atom. The number of aromatic nitrogens is 7. The number of carbonyl (C=O) groups is 1. The van der Waals surface area contributed by atoms with Crippen molar-refractivity contribution >= 4 is 33.7 Å². The lowest BCUT2D eigenvalue weighted by Gasteiger charge is -2.10. The van der Waals surface area contributed by atoms with Gasteiger partial charge in [0.2, 0.25) is 5.91 Å². The molecule has 6 aromatic heterocycles. The summed E-state index contributed by atoms with van der Waals surface area (Å²) < 4.78 is 5.22. The van der Waals surface area contributed by atoms with Gasteiger partial charge in [-0.15, -0.1) is 0 Å². The first-order valence-corrected chi connectivity index (χ1v) is 11.2. The number of fused-ring (bicyclic) bond motifs is 2. The number of pyridine rings is 3. The van der Waals surface area contributed by atoms with Crippen molar-refractivity contribution in [1.29, 1.82) is 0 Å². The van der Waals surface area contributed by atoms with Crippen LogP contribution in [0, 0.1) is 0 Å². The van der Waals surface area contributed by atoms with Crippen molar-refractivity contribution < 1.29 is 9.21 Å². The summed E-state index contributed by atoms with van der Waals surface area (Å²) in [6.07, 6.45) is 8.29. The fraction of sp³-hybridized carbons (Fsp3) is 0.120. The van der Waals surface area contributed by atoms with Gasteiger partial charge in [-0.2, -0.15) is 5.10 Å². The Hall–Kier alpha value is -4.90. The van der Waals surface area contributed by atoms with E-state index in [-0.39, 0.29) is 12.5 Å². The Balaban J connectivity index is 1.38. The SMILES string of the molecule is CN(C)CC(=O)Nc1cncc(-c2ccc3[nH]nc(-c4nc5c(-c6ccoc6)nccc5[nH]4)c3n2)c1. The number of hydrogen-bond acceptors (Lipinski definition) is 8. The molecule has 0 spiro atoms. The average molecular weight is 480 g/mol. The van der Waals surface area contributed by atoms with Gasteiger partial charge >= 0.3 is 0 Å². The number of nitrogens with one attached hydrogen (secondary N) is 3. The molecule has 0 atom stereocenters. The summed E-state index contributed by atoms with van der Waals surface area (Å²) in [6.45, 7) is 0.280. The third-order valence-corrected chi connectivity index (χ3v) is 5.61. The molecule has 6 rings (SSSR count). The normalized spacial score (nSPS) is 11.5. The van der Waals surface area contributed by atoms with E-state index in [1.165, 1.54) is 0 Å². The molecule has 3 N–H and O–H groups in total. The highest BCUT2D eigenvalue weighted by Gasteiger charge is 2.18. The maximum absolute atomic E-state index is 12.2. The number of aromatic amines is 2. The lowest BCUT2D eigenvalue weighted by Crippen LogP contribution is -2.27. The third-order valence-electron chi connectivity index (χ3n) is 5.61. The van der Waals surface area contributed by atoms with Crippen LogP contribution in [0.5, 0.6) is 0 Å². The second-order valence-electron chi connectivity index (χ2n) is 8.57. The molecule has 0 unspecified atom stereocenters. The van der Waals surface area contributed by atoms with Crippen LogP contribution in [0.4, 0.5) is 5.69 Å². The van der Waals surface area contributed by atoms with E-state index in [1.54, 1.807) is 36.0 Å². The fourth-order valence-corrected chi connectivity index (χ4v) is 4.02. The standard InChI is InChI=1S/C25H21N9O2/c1-34(2)12-20(35)28-16-9-15(10-26-11-16)17-3-4-19-23(29-17)24(33-32-19)25-30-18-5-7-27-21(22(18)31-25)14-6-8-36-13-14/h3-11,13H,12H2,1-2H3,(H,28,35)(H,30,31)(H,32,33). The molecule has 0 aliphatic carbocycles. The summed E-state index contributed by atoms with van der Waals surface area (Å²) in [4.78, 5) is 35.7. The molecule has 36 heavy (non-hydrogen) atoms. The summed E-state index contributed by atoms with van der Waals surface area (Å²) in [5, 5.41) is 10.4. The number of carbonyl (C=O) groups excluding carboxylic acids is 1. The Labute approximate surface area is 204 Å². The van der Waals surface area contributed by atoms with Gasteiger partial charge in [-0.3, -0.25) is 19.9 Å². The minimum absolute atomic E-state index is 0.117. The van der Waals surface area contributed by atoms with Gasteiger partial charge in [0.15, 0.2) is 11.5 Å². The van der Waals surface area contributed by atoms with E-state index in [0.717, 1.165) is 27.9 Å². The van der Waals surface area contributed by atoms with Crippen LogP contribution in [0.15, 0.2) is 65.9 Å². The highest BCUT2D eigenvalue weighted by atomic mass is 16.3. The van der Waals surface area contributed by atoms with Gasteiger partial charge < -0.3 is 19.6 Å². The van der Waals surface area contributed by atoms with Crippen LogP contribution < -0.4 is 5.32 Å². The first kappa shape index (κ1) is 21.6. The molecule has 178 valence electrons. The van der Waals surface area contributed by atoms with E-state index in [1.807, 2.05) is 44.4 Å². The molecule has 0 aromatic carbocycles. The molecular formula is C25H21N9O2. The average Bonchev–Trinajstić information content (AvgIpc) is 3.62. The lowest BCUT2D eigenvalue weighted by atomic mass is 10.1. The van der Waals surface area contributed by atoms with Crippen LogP contribution in [0.2, 0.25) is 0 Å². The van der Waals surface area contributed by atoms with Gasteiger partial charge in [0.05, 0.1) is 47.7 Å². The molecule has 6 aromatic rings. The van der Waals surface area contributed by atoms with Crippen LogP contribution >= 0.6 is 0 Å². The van der Waals surface area contributed by atoms with Crippen LogP contribution in [0.1, 0.15) is 0 Å². The molecule has 0 bridgehead atoms. The lowest BCUT2D eigenvalue weighted by molar-refractivity contribution is -0.116. The zero-order valence-electron chi connectivity index (χ0n) is 19.5. The molecule has 0 aliphatic heterocycles. The number of amides is 1.